The van der Waals surface area contributed by atoms with Crippen molar-refractivity contribution in [2.24, 2.45) is 0 Å². The van der Waals surface area contributed by atoms with E-state index in [0.29, 0.717) is 6.54 Å². The number of likely N-dealkylation sites (tertiary alicyclic amines) is 1. The van der Waals surface area contributed by atoms with Gasteiger partial charge in [-0.25, -0.2) is 0 Å². The first-order chi connectivity index (χ1) is 13.1. The molecule has 1 saturated heterocycles. The van der Waals surface area contributed by atoms with Crippen LogP contribution in [0.1, 0.15) is 43.0 Å². The number of carbonyl (C=O) groups is 1. The van der Waals surface area contributed by atoms with Gasteiger partial charge in [-0.3, -0.25) is 4.79 Å². The third-order valence-electron chi connectivity index (χ3n) is 5.36. The number of hydrogen-bond acceptors (Lipinski definition) is 3. The molecule has 2 N–H and O–H groups in total. The number of rotatable bonds is 7. The third kappa shape index (κ3) is 4.61. The molecule has 1 unspecified atom stereocenters. The molecule has 0 aromatic heterocycles. The molecule has 3 rings (SSSR count). The van der Waals surface area contributed by atoms with Crippen molar-refractivity contribution in [3.8, 4) is 11.5 Å². The molecule has 2 aromatic rings. The Morgan fingerprint density at radius 2 is 1.96 bits per heavy atom. The van der Waals surface area contributed by atoms with E-state index >= 15 is 0 Å². The van der Waals surface area contributed by atoms with E-state index in [2.05, 4.69) is 5.32 Å². The number of amides is 1. The lowest BCUT2D eigenvalue weighted by Gasteiger charge is -2.24. The van der Waals surface area contributed by atoms with Gasteiger partial charge in [0.2, 0.25) is 0 Å². The lowest BCUT2D eigenvalue weighted by atomic mass is 10.0. The van der Waals surface area contributed by atoms with Crippen LogP contribution in [0.25, 0.3) is 0 Å². The Kier molecular flexibility index (Phi) is 6.35. The van der Waals surface area contributed by atoms with Crippen LogP contribution in [0.4, 0.5) is 0 Å². The van der Waals surface area contributed by atoms with Crippen molar-refractivity contribution < 1.29 is 19.2 Å². The molecule has 0 aliphatic carbocycles. The first-order valence-corrected chi connectivity index (χ1v) is 9.53. The van der Waals surface area contributed by atoms with Crippen molar-refractivity contribution in [1.29, 1.82) is 0 Å². The summed E-state index contributed by atoms with van der Waals surface area (Å²) in [4.78, 5) is 13.9. The van der Waals surface area contributed by atoms with Gasteiger partial charge in [0.1, 0.15) is 17.5 Å². The molecular weight excluding hydrogens is 340 g/mol. The quantitative estimate of drug-likeness (QED) is 0.787. The summed E-state index contributed by atoms with van der Waals surface area (Å²) in [6.07, 6.45) is 2.14. The summed E-state index contributed by atoms with van der Waals surface area (Å²) >= 11 is 0. The minimum atomic E-state index is 0.00510. The fourth-order valence-electron chi connectivity index (χ4n) is 3.93. The normalized spacial score (nSPS) is 20.1. The topological polar surface area (TPSA) is 52.0 Å². The average Bonchev–Trinajstić information content (AvgIpc) is 3.15. The minimum Gasteiger partial charge on any atom is -0.497 e. The molecule has 3 atom stereocenters. The van der Waals surface area contributed by atoms with Gasteiger partial charge in [-0.15, -0.1) is 0 Å². The van der Waals surface area contributed by atoms with Crippen molar-refractivity contribution in [3.05, 3.63) is 59.7 Å². The molecule has 5 nitrogen and oxygen atoms in total. The highest BCUT2D eigenvalue weighted by Crippen LogP contribution is 2.31. The lowest BCUT2D eigenvalue weighted by molar-refractivity contribution is -0.910. The fraction of sp³-hybridized carbons (Fsp3) is 0.409. The Labute approximate surface area is 161 Å². The molecule has 144 valence electrons. The second-order valence-corrected chi connectivity index (χ2v) is 7.09. The summed E-state index contributed by atoms with van der Waals surface area (Å²) in [5.41, 5.74) is 2.24. The maximum absolute atomic E-state index is 12.6. The molecule has 0 radical (unpaired) electrons. The molecule has 5 heteroatoms. The lowest BCUT2D eigenvalue weighted by Crippen LogP contribution is -3.11. The molecule has 1 aliphatic rings. The number of benzene rings is 2. The van der Waals surface area contributed by atoms with Crippen molar-refractivity contribution in [3.63, 3.8) is 0 Å². The van der Waals surface area contributed by atoms with E-state index in [-0.39, 0.29) is 18.0 Å². The van der Waals surface area contributed by atoms with Crippen LogP contribution in [-0.4, -0.2) is 33.2 Å². The van der Waals surface area contributed by atoms with Crippen LogP contribution >= 0.6 is 0 Å². The molecule has 0 spiro atoms. The van der Waals surface area contributed by atoms with Gasteiger partial charge >= 0.3 is 0 Å². The van der Waals surface area contributed by atoms with E-state index in [4.69, 9.17) is 9.47 Å². The first-order valence-electron chi connectivity index (χ1n) is 9.53. The van der Waals surface area contributed by atoms with Crippen molar-refractivity contribution in [2.45, 2.75) is 31.8 Å². The van der Waals surface area contributed by atoms with Gasteiger partial charge in [-0.1, -0.05) is 30.3 Å². The molecule has 0 bridgehead atoms. The molecule has 1 fully saturated rings. The predicted molar refractivity (Wildman–Crippen MR) is 105 cm³/mol. The molecule has 1 aliphatic heterocycles. The van der Waals surface area contributed by atoms with E-state index in [0.717, 1.165) is 42.0 Å². The second kappa shape index (κ2) is 8.91. The van der Waals surface area contributed by atoms with Gasteiger partial charge in [0.25, 0.3) is 5.91 Å². The number of carbonyl (C=O) groups excluding carboxylic acids is 1. The summed E-state index contributed by atoms with van der Waals surface area (Å²) in [7, 11) is 3.36. The van der Waals surface area contributed by atoms with Crippen molar-refractivity contribution >= 4 is 5.91 Å². The Balaban J connectivity index is 1.69. The van der Waals surface area contributed by atoms with E-state index in [1.807, 2.05) is 55.5 Å². The average molecular weight is 369 g/mol. The van der Waals surface area contributed by atoms with E-state index in [9.17, 15) is 4.79 Å². The molecule has 27 heavy (non-hydrogen) atoms. The van der Waals surface area contributed by atoms with E-state index < -0.39 is 0 Å². The zero-order valence-corrected chi connectivity index (χ0v) is 16.3. The second-order valence-electron chi connectivity index (χ2n) is 7.09. The summed E-state index contributed by atoms with van der Waals surface area (Å²) < 4.78 is 11.0. The summed E-state index contributed by atoms with van der Waals surface area (Å²) in [5, 5.41) is 3.13. The van der Waals surface area contributed by atoms with Gasteiger partial charge in [-0.05, 0) is 30.7 Å². The number of nitrogens with one attached hydrogen (secondary N) is 2. The van der Waals surface area contributed by atoms with Crippen LogP contribution < -0.4 is 19.7 Å². The zero-order valence-electron chi connectivity index (χ0n) is 16.3. The number of ether oxygens (including phenoxy) is 2. The molecule has 2 aromatic carbocycles. The highest BCUT2D eigenvalue weighted by molar-refractivity contribution is 5.77. The Morgan fingerprint density at radius 1 is 1.19 bits per heavy atom. The van der Waals surface area contributed by atoms with Gasteiger partial charge in [0, 0.05) is 12.8 Å². The largest absolute Gasteiger partial charge is 0.497 e. The zero-order chi connectivity index (χ0) is 19.2. The Hall–Kier alpha value is -2.53. The van der Waals surface area contributed by atoms with E-state index in [1.54, 1.807) is 14.2 Å². The summed E-state index contributed by atoms with van der Waals surface area (Å²) in [5.74, 6) is 1.76. The van der Waals surface area contributed by atoms with Gasteiger partial charge in [-0.2, -0.15) is 0 Å². The molecule has 1 amide bonds. The van der Waals surface area contributed by atoms with E-state index in [1.165, 1.54) is 4.90 Å². The summed E-state index contributed by atoms with van der Waals surface area (Å²) in [6.45, 7) is 3.47. The maximum atomic E-state index is 12.6. The Morgan fingerprint density at radius 3 is 2.67 bits per heavy atom. The van der Waals surface area contributed by atoms with Crippen LogP contribution in [0.2, 0.25) is 0 Å². The number of quaternary nitrogens is 1. The van der Waals surface area contributed by atoms with Crippen LogP contribution in [0, 0.1) is 0 Å². The van der Waals surface area contributed by atoms with Crippen LogP contribution in [0.5, 0.6) is 11.5 Å². The van der Waals surface area contributed by atoms with Gasteiger partial charge in [0.05, 0.1) is 32.4 Å². The third-order valence-corrected chi connectivity index (χ3v) is 5.36. The smallest absolute Gasteiger partial charge is 0.275 e. The predicted octanol–water partition coefficient (Wildman–Crippen LogP) is 2.30. The molecule has 0 saturated carbocycles. The van der Waals surface area contributed by atoms with Crippen LogP contribution in [0.15, 0.2) is 48.5 Å². The highest BCUT2D eigenvalue weighted by Gasteiger charge is 2.34. The number of methoxy groups -OCH3 is 2. The fourth-order valence-corrected chi connectivity index (χ4v) is 3.93. The summed E-state index contributed by atoms with van der Waals surface area (Å²) in [6, 6.07) is 16.2. The maximum Gasteiger partial charge on any atom is 0.275 e. The SMILES string of the molecule is COc1ccc(OC)c([C@H]2CCC[NH+]2CC(=O)N[C@@H](C)c2ccccc2)c1. The van der Waals surface area contributed by atoms with Crippen LogP contribution in [0.3, 0.4) is 0 Å². The molecular formula is C22H29N2O3+. The van der Waals surface area contributed by atoms with Gasteiger partial charge < -0.3 is 19.7 Å². The first kappa shape index (κ1) is 19.2. The highest BCUT2D eigenvalue weighted by atomic mass is 16.5. The van der Waals surface area contributed by atoms with Gasteiger partial charge in [0.15, 0.2) is 6.54 Å². The monoisotopic (exact) mass is 369 g/mol. The van der Waals surface area contributed by atoms with Crippen molar-refractivity contribution in [2.75, 3.05) is 27.3 Å². The van der Waals surface area contributed by atoms with Crippen LogP contribution in [-0.2, 0) is 4.79 Å². The minimum absolute atomic E-state index is 0.00510. The Bertz CT molecular complexity index is 763. The molecule has 1 heterocycles. The standard InChI is InChI=1S/C22H28N2O3/c1-16(17-8-5-4-6-9-17)23-22(25)15-24-13-7-10-20(24)19-14-18(26-2)11-12-21(19)27-3/h4-6,8-9,11-12,14,16,20H,7,10,13,15H2,1-3H3,(H,23,25)/p+1/t16-,20+/m0/s1. The van der Waals surface area contributed by atoms with Crippen molar-refractivity contribution in [1.82, 2.24) is 5.32 Å². The number of hydrogen-bond donors (Lipinski definition) is 2.